The quantitative estimate of drug-likeness (QED) is 0.0224. The number of carbonyl (C=O) groups excluding carboxylic acids is 11. The third kappa shape index (κ3) is 25.3. The van der Waals surface area contributed by atoms with Crippen molar-refractivity contribution in [3.8, 4) is 28.0 Å². The third-order valence-corrected chi connectivity index (χ3v) is 17.9. The Hall–Kier alpha value is -12.0. The second-order valence-electron chi connectivity index (χ2n) is 27.2. The Morgan fingerprint density at radius 1 is 0.591 bits per heavy atom. The van der Waals surface area contributed by atoms with Crippen LogP contribution in [0.25, 0.3) is 22.3 Å². The van der Waals surface area contributed by atoms with Crippen LogP contribution in [-0.2, 0) is 94.4 Å². The first-order valence-corrected chi connectivity index (χ1v) is 35.1. The zero-order chi connectivity index (χ0) is 81.3. The van der Waals surface area contributed by atoms with Gasteiger partial charge in [-0.3, -0.25) is 62.3 Å². The number of nitrogens with zero attached hydrogens (tertiary/aromatic N) is 1. The molecule has 1 aromatic heterocycles. The number of halogens is 1. The second-order valence-corrected chi connectivity index (χ2v) is 27.2. The summed E-state index contributed by atoms with van der Waals surface area (Å²) in [7, 11) is 1.55. The second kappa shape index (κ2) is 40.3. The number of carboxylic acids is 2. The van der Waals surface area contributed by atoms with E-state index in [0.717, 1.165) is 60.2 Å². The zero-order valence-corrected chi connectivity index (χ0v) is 61.9. The number of benzene rings is 5. The van der Waals surface area contributed by atoms with Crippen LogP contribution in [0.3, 0.4) is 0 Å². The van der Waals surface area contributed by atoms with Gasteiger partial charge in [-0.2, -0.15) is 0 Å². The Kier molecular flexibility index (Phi) is 31.8. The van der Waals surface area contributed by atoms with E-state index in [9.17, 15) is 87.9 Å². The van der Waals surface area contributed by atoms with E-state index in [1.165, 1.54) is 44.6 Å². The highest BCUT2D eigenvalue weighted by Crippen LogP contribution is 2.29. The van der Waals surface area contributed by atoms with Gasteiger partial charge in [0.2, 0.25) is 65.0 Å². The van der Waals surface area contributed by atoms with E-state index < -0.39 is 193 Å². The van der Waals surface area contributed by atoms with Crippen LogP contribution in [0.5, 0.6) is 5.75 Å². The summed E-state index contributed by atoms with van der Waals surface area (Å²) in [5.41, 5.74) is 14.5. The predicted molar refractivity (Wildman–Crippen MR) is 396 cm³/mol. The summed E-state index contributed by atoms with van der Waals surface area (Å²) < 4.78 is 20.9. The van der Waals surface area contributed by atoms with Gasteiger partial charge in [0.1, 0.15) is 64.9 Å². The fourth-order valence-electron chi connectivity index (χ4n) is 11.6. The number of nitrogens with two attached hydrogens (primary N) is 2. The predicted octanol–water partition coefficient (Wildman–Crippen LogP) is -0.782. The zero-order valence-electron chi connectivity index (χ0n) is 61.9. The number of imidazole rings is 1. The highest BCUT2D eigenvalue weighted by molar-refractivity contribution is 6.01. The van der Waals surface area contributed by atoms with Gasteiger partial charge in [-0.15, -0.1) is 0 Å². The summed E-state index contributed by atoms with van der Waals surface area (Å²) in [6.07, 6.45) is -3.80. The number of aliphatic carboxylic acids is 2. The van der Waals surface area contributed by atoms with Crippen LogP contribution >= 0.6 is 0 Å². The van der Waals surface area contributed by atoms with Gasteiger partial charge in [0.05, 0.1) is 51.3 Å². The molecule has 0 fully saturated rings. The van der Waals surface area contributed by atoms with Gasteiger partial charge in [-0.1, -0.05) is 104 Å². The molecule has 3 unspecified atom stereocenters. The lowest BCUT2D eigenvalue weighted by atomic mass is 9.90. The number of aromatic nitrogens is 2. The molecule has 34 heteroatoms. The average molecular weight is 1530 g/mol. The summed E-state index contributed by atoms with van der Waals surface area (Å²) in [4.78, 5) is 184. The number of methoxy groups -OCH3 is 1. The van der Waals surface area contributed by atoms with E-state index in [-0.39, 0.29) is 24.8 Å². The molecule has 0 saturated carbocycles. The van der Waals surface area contributed by atoms with Crippen molar-refractivity contribution in [2.75, 3.05) is 20.3 Å². The normalized spacial score (nSPS) is 14.5. The maximum Gasteiger partial charge on any atom is 0.305 e. The number of primary amides is 1. The van der Waals surface area contributed by atoms with Crippen molar-refractivity contribution < 1.29 is 97.0 Å². The minimum absolute atomic E-state index is 0.00811. The van der Waals surface area contributed by atoms with Gasteiger partial charge in [0.15, 0.2) is 0 Å². The van der Waals surface area contributed by atoms with Crippen LogP contribution in [0.1, 0.15) is 94.3 Å². The smallest absolute Gasteiger partial charge is 0.305 e. The molecule has 0 aliphatic heterocycles. The molecule has 0 aliphatic carbocycles. The Morgan fingerprint density at radius 3 is 1.72 bits per heavy atom. The summed E-state index contributed by atoms with van der Waals surface area (Å²) >= 11 is 0. The van der Waals surface area contributed by atoms with E-state index in [1.807, 2.05) is 62.4 Å². The van der Waals surface area contributed by atoms with Crippen LogP contribution in [0.4, 0.5) is 4.39 Å². The SMILES string of the molecule is CCc1cc(OC)ccc1-c1ccc(C[C@H](NC(=O)[C@H](CC(=O)O)NC(=O)[C@H](CO)NC(=O)[C@@H](NC(=O)C(C)(Cc2ccccc2F)NC(=O)[C@@H](NC(=O)CNC(=O)[C@H](CCC(=O)O)NC(=O)C(C)(C)NC(=O)[C@@H](N)Cc2cnc[nH]2)C(C)O)C(C)O)C(=O)N[C@@H](Cc2ccc(-c3ccccc3C)cc2)C(N)=O)cc1. The van der Waals surface area contributed by atoms with Gasteiger partial charge in [0.25, 0.3) is 0 Å². The summed E-state index contributed by atoms with van der Waals surface area (Å²) in [5, 5.41) is 75.3. The largest absolute Gasteiger partial charge is 0.497 e. The van der Waals surface area contributed by atoms with Crippen molar-refractivity contribution in [2.24, 2.45) is 11.5 Å². The minimum Gasteiger partial charge on any atom is -0.497 e. The van der Waals surface area contributed by atoms with Crippen molar-refractivity contribution >= 4 is 76.9 Å². The number of hydrogen-bond donors (Lipinski definition) is 18. The number of ether oxygens (including phenoxy) is 1. The molecule has 20 N–H and O–H groups in total. The van der Waals surface area contributed by atoms with Crippen molar-refractivity contribution in [3.63, 3.8) is 0 Å². The first-order chi connectivity index (χ1) is 52.0. The van der Waals surface area contributed by atoms with E-state index in [4.69, 9.17) is 16.2 Å². The van der Waals surface area contributed by atoms with Crippen LogP contribution < -0.4 is 69.4 Å². The van der Waals surface area contributed by atoms with Gasteiger partial charge in [0, 0.05) is 44.0 Å². The number of nitrogens with one attached hydrogen (secondary N) is 11. The van der Waals surface area contributed by atoms with Crippen LogP contribution in [-0.4, -0.2) is 204 Å². The molecule has 1 heterocycles. The number of hydrogen-bond acceptors (Lipinski definition) is 19. The fraction of sp³-hybridized carbons (Fsp3) is 0.395. The molecule has 6 rings (SSSR count). The molecule has 590 valence electrons. The maximum atomic E-state index is 15.5. The molecule has 11 amide bonds. The lowest BCUT2D eigenvalue weighted by Crippen LogP contribution is -2.67. The van der Waals surface area contributed by atoms with Crippen molar-refractivity contribution in [1.82, 2.24) is 63.1 Å². The van der Waals surface area contributed by atoms with Gasteiger partial charge < -0.3 is 99.9 Å². The van der Waals surface area contributed by atoms with E-state index >= 15 is 4.39 Å². The number of carboxylic acid groups (broad SMARTS) is 2. The molecule has 0 spiro atoms. The van der Waals surface area contributed by atoms with Gasteiger partial charge in [-0.05, 0) is 123 Å². The number of amides is 11. The van der Waals surface area contributed by atoms with Crippen LogP contribution in [0.15, 0.2) is 128 Å². The first-order valence-electron chi connectivity index (χ1n) is 35.1. The maximum absolute atomic E-state index is 15.5. The Labute approximate surface area is 632 Å². The van der Waals surface area contributed by atoms with Crippen molar-refractivity contribution in [1.29, 1.82) is 0 Å². The highest BCUT2D eigenvalue weighted by Gasteiger charge is 2.43. The summed E-state index contributed by atoms with van der Waals surface area (Å²) in [5.74, 6) is -16.1. The number of carbonyl (C=O) groups is 13. The molecule has 11 atom stereocenters. The van der Waals surface area contributed by atoms with E-state index in [1.54, 1.807) is 49.6 Å². The molecule has 0 aliphatic rings. The van der Waals surface area contributed by atoms with E-state index in [0.29, 0.717) is 29.0 Å². The van der Waals surface area contributed by atoms with Crippen molar-refractivity contribution in [3.05, 3.63) is 167 Å². The number of rotatable bonds is 41. The first kappa shape index (κ1) is 86.9. The van der Waals surface area contributed by atoms with E-state index in [2.05, 4.69) is 63.1 Å². The van der Waals surface area contributed by atoms with Crippen LogP contribution in [0, 0.1) is 12.7 Å². The van der Waals surface area contributed by atoms with Gasteiger partial charge >= 0.3 is 11.9 Å². The number of aryl methyl sites for hydroxylation is 2. The molecular formula is C76H95FN14O19. The Bertz CT molecular complexity index is 4270. The number of aromatic amines is 1. The number of H-pyrrole nitrogens is 1. The van der Waals surface area contributed by atoms with Gasteiger partial charge in [-0.25, -0.2) is 9.37 Å². The lowest BCUT2D eigenvalue weighted by Gasteiger charge is -2.34. The summed E-state index contributed by atoms with van der Waals surface area (Å²) in [6, 6.07) is 18.1. The molecule has 5 aromatic carbocycles. The molecule has 0 bridgehead atoms. The topological polar surface area (TPSA) is 533 Å². The molecule has 0 radical (unpaired) electrons. The monoisotopic (exact) mass is 1530 g/mol. The minimum atomic E-state index is -2.43. The molecular weight excluding hydrogens is 1430 g/mol. The van der Waals surface area contributed by atoms with Crippen molar-refractivity contribution in [2.45, 2.75) is 171 Å². The standard InChI is InChI=1S/C76H95FN14O19/c1-9-45-32-50(110-8)26-27-52(45)47-24-20-44(21-25-47)31-57(68(103)83-56(65(79)100)30-43-18-22-46(23-19-43)51-16-12-10-14-40(51)2)84-69(104)58(34-62(98)99)85-70(105)59(38-92)86-71(106)63(41(3)93)89-74(109)76(7,35-48-15-11-13-17-53(48)77)91-72(107)64(42(4)94)88-60(95)37-81-67(102)55(28-29-61(96)97)87-73(108)75(5,6)90-66(101)54(78)33-49-36-80-39-82-49/h10-27,32,36,39,41-42,54-59,63-64,92-94H,9,28-31,33-35,37-38,78H2,1-8H3,(H2,79,100)(H,80,82)(H,81,102)(H,83,103)(H,84,104)(H,85,105)(H,86,106)(H,87,108)(H,88,95)(H,89,109)(H,90,101)(H,91,107)(H,96,97)(H,98,99)/t41?,42?,54-,55-,56-,57-,58-,59-,63-,64-,76?/m0/s1. The molecule has 0 saturated heterocycles. The molecule has 6 aromatic rings. The number of aliphatic hydroxyl groups excluding tert-OH is 3. The Morgan fingerprint density at radius 2 is 1.15 bits per heavy atom. The fourth-order valence-corrected chi connectivity index (χ4v) is 11.6. The highest BCUT2D eigenvalue weighted by atomic mass is 19.1. The average Bonchev–Trinajstić information content (AvgIpc) is 1.10. The lowest BCUT2D eigenvalue weighted by molar-refractivity contribution is -0.142. The number of aliphatic hydroxyl groups is 3. The third-order valence-electron chi connectivity index (χ3n) is 17.9. The Balaban J connectivity index is 1.17. The molecule has 110 heavy (non-hydrogen) atoms. The van der Waals surface area contributed by atoms with Crippen LogP contribution in [0.2, 0.25) is 0 Å². The summed E-state index contributed by atoms with van der Waals surface area (Å²) in [6.45, 7) is 7.27. The molecule has 33 nitrogen and oxygen atoms in total.